The predicted octanol–water partition coefficient (Wildman–Crippen LogP) is 3.25. The molecule has 2 aliphatic carbocycles. The van der Waals surface area contributed by atoms with Crippen molar-refractivity contribution in [3.05, 3.63) is 48.1 Å². The molecule has 0 aromatic rings. The lowest BCUT2D eigenvalue weighted by Gasteiger charge is -2.26. The van der Waals surface area contributed by atoms with Crippen LogP contribution in [0.5, 0.6) is 0 Å². The van der Waals surface area contributed by atoms with Crippen LogP contribution in [0.25, 0.3) is 0 Å². The van der Waals surface area contributed by atoms with Crippen molar-refractivity contribution in [2.75, 3.05) is 0 Å². The summed E-state index contributed by atoms with van der Waals surface area (Å²) in [7, 11) is 0. The van der Waals surface area contributed by atoms with Gasteiger partial charge in [0, 0.05) is 5.92 Å². The maximum Gasteiger partial charge on any atom is 0.00839 e. The van der Waals surface area contributed by atoms with E-state index in [-0.39, 0.29) is 0 Å². The van der Waals surface area contributed by atoms with E-state index in [1.165, 1.54) is 12.0 Å². The molecule has 0 N–H and O–H groups in total. The van der Waals surface area contributed by atoms with Crippen molar-refractivity contribution in [1.82, 2.24) is 0 Å². The maximum atomic E-state index is 2.32. The van der Waals surface area contributed by atoms with Gasteiger partial charge in [-0.25, -0.2) is 0 Å². The standard InChI is InChI=1S/C12H14/c1-2-10-7-5-8-11-6-3-4-9-12(10)11/h3-10,12H,2H2,1H3. The number of fused-ring (bicyclic) bond motifs is 1. The third-order valence-corrected chi connectivity index (χ3v) is 2.68. The Hall–Kier alpha value is -1.04. The van der Waals surface area contributed by atoms with Gasteiger partial charge in [0.15, 0.2) is 0 Å². The summed E-state index contributed by atoms with van der Waals surface area (Å²) in [5.41, 5.74) is 1.46. The number of hydrogen-bond donors (Lipinski definition) is 0. The Morgan fingerprint density at radius 1 is 1.17 bits per heavy atom. The molecule has 12 heavy (non-hydrogen) atoms. The summed E-state index contributed by atoms with van der Waals surface area (Å²) < 4.78 is 0. The molecule has 0 radical (unpaired) electrons. The first kappa shape index (κ1) is 7.60. The van der Waals surface area contributed by atoms with Gasteiger partial charge in [0.1, 0.15) is 0 Å². The molecule has 0 nitrogen and oxygen atoms in total. The number of rotatable bonds is 1. The molecule has 2 aliphatic rings. The van der Waals surface area contributed by atoms with Crippen LogP contribution in [0.3, 0.4) is 0 Å². The summed E-state index contributed by atoms with van der Waals surface area (Å²) in [6.45, 7) is 2.25. The van der Waals surface area contributed by atoms with Gasteiger partial charge in [-0.05, 0) is 17.9 Å². The van der Waals surface area contributed by atoms with E-state index in [9.17, 15) is 0 Å². The number of hydrogen-bond acceptors (Lipinski definition) is 0. The Labute approximate surface area is 74.0 Å². The van der Waals surface area contributed by atoms with Gasteiger partial charge in [0.25, 0.3) is 0 Å². The third kappa shape index (κ3) is 1.18. The molecular weight excluding hydrogens is 144 g/mol. The first-order valence-electron chi connectivity index (χ1n) is 4.65. The van der Waals surface area contributed by atoms with Crippen molar-refractivity contribution >= 4 is 0 Å². The minimum atomic E-state index is 0.644. The average molecular weight is 158 g/mol. The molecule has 0 heterocycles. The van der Waals surface area contributed by atoms with Gasteiger partial charge in [0.05, 0.1) is 0 Å². The molecule has 0 aromatic heterocycles. The Morgan fingerprint density at radius 3 is 2.92 bits per heavy atom. The molecule has 0 aromatic carbocycles. The Bertz CT molecular complexity index is 276. The van der Waals surface area contributed by atoms with Crippen LogP contribution in [0.4, 0.5) is 0 Å². The molecule has 2 rings (SSSR count). The highest BCUT2D eigenvalue weighted by molar-refractivity contribution is 5.39. The number of allylic oxidation sites excluding steroid dienone is 8. The van der Waals surface area contributed by atoms with E-state index in [1.807, 2.05) is 0 Å². The second-order valence-corrected chi connectivity index (χ2v) is 3.39. The van der Waals surface area contributed by atoms with Gasteiger partial charge in [-0.15, -0.1) is 0 Å². The van der Waals surface area contributed by atoms with Crippen molar-refractivity contribution in [2.45, 2.75) is 13.3 Å². The molecule has 2 atom stereocenters. The summed E-state index contributed by atoms with van der Waals surface area (Å²) in [5.74, 6) is 1.36. The van der Waals surface area contributed by atoms with Crippen molar-refractivity contribution < 1.29 is 0 Å². The normalized spacial score (nSPS) is 31.6. The van der Waals surface area contributed by atoms with Crippen LogP contribution < -0.4 is 0 Å². The van der Waals surface area contributed by atoms with Gasteiger partial charge >= 0.3 is 0 Å². The Kier molecular flexibility index (Phi) is 1.99. The minimum Gasteiger partial charge on any atom is -0.0805 e. The molecular formula is C12H14. The Morgan fingerprint density at radius 2 is 2.08 bits per heavy atom. The van der Waals surface area contributed by atoms with Crippen molar-refractivity contribution in [1.29, 1.82) is 0 Å². The molecule has 0 bridgehead atoms. The molecule has 0 fully saturated rings. The smallest absolute Gasteiger partial charge is 0.00839 e. The third-order valence-electron chi connectivity index (χ3n) is 2.68. The van der Waals surface area contributed by atoms with E-state index < -0.39 is 0 Å². The second kappa shape index (κ2) is 3.14. The average Bonchev–Trinajstić information content (AvgIpc) is 2.17. The van der Waals surface area contributed by atoms with E-state index in [0.717, 1.165) is 0 Å². The summed E-state index contributed by atoms with van der Waals surface area (Å²) in [6, 6.07) is 0. The van der Waals surface area contributed by atoms with E-state index >= 15 is 0 Å². The quantitative estimate of drug-likeness (QED) is 0.549. The summed E-state index contributed by atoms with van der Waals surface area (Å²) in [5, 5.41) is 0. The fourth-order valence-corrected chi connectivity index (χ4v) is 1.95. The fourth-order valence-electron chi connectivity index (χ4n) is 1.95. The van der Waals surface area contributed by atoms with E-state index in [2.05, 4.69) is 49.5 Å². The van der Waals surface area contributed by atoms with Crippen LogP contribution in [-0.4, -0.2) is 0 Å². The van der Waals surface area contributed by atoms with E-state index in [4.69, 9.17) is 0 Å². The monoisotopic (exact) mass is 158 g/mol. The second-order valence-electron chi connectivity index (χ2n) is 3.39. The van der Waals surface area contributed by atoms with Crippen molar-refractivity contribution in [2.24, 2.45) is 11.8 Å². The van der Waals surface area contributed by atoms with Crippen LogP contribution in [-0.2, 0) is 0 Å². The topological polar surface area (TPSA) is 0 Å². The van der Waals surface area contributed by atoms with Gasteiger partial charge in [-0.2, -0.15) is 0 Å². The van der Waals surface area contributed by atoms with E-state index in [1.54, 1.807) is 0 Å². The zero-order chi connectivity index (χ0) is 8.39. The molecule has 2 unspecified atom stereocenters. The van der Waals surface area contributed by atoms with Crippen LogP contribution in [0.1, 0.15) is 13.3 Å². The largest absolute Gasteiger partial charge is 0.0805 e. The Balaban J connectivity index is 2.29. The highest BCUT2D eigenvalue weighted by Gasteiger charge is 2.20. The minimum absolute atomic E-state index is 0.644. The first-order chi connectivity index (χ1) is 5.92. The fraction of sp³-hybridized carbons (Fsp3) is 0.333. The lowest BCUT2D eigenvalue weighted by atomic mass is 9.79. The highest BCUT2D eigenvalue weighted by atomic mass is 14.2. The highest BCUT2D eigenvalue weighted by Crippen LogP contribution is 2.32. The molecule has 0 spiro atoms. The summed E-state index contributed by atoms with van der Waals surface area (Å²) in [4.78, 5) is 0. The molecule has 0 aliphatic heterocycles. The van der Waals surface area contributed by atoms with Crippen LogP contribution in [0.2, 0.25) is 0 Å². The van der Waals surface area contributed by atoms with Crippen LogP contribution in [0, 0.1) is 11.8 Å². The SMILES string of the molecule is CCC1C=CC=C2C=CC=CC21. The zero-order valence-corrected chi connectivity index (χ0v) is 7.40. The lowest BCUT2D eigenvalue weighted by Crippen LogP contribution is -2.15. The molecule has 0 saturated carbocycles. The van der Waals surface area contributed by atoms with E-state index in [0.29, 0.717) is 11.8 Å². The zero-order valence-electron chi connectivity index (χ0n) is 7.40. The molecule has 0 heteroatoms. The van der Waals surface area contributed by atoms with Gasteiger partial charge < -0.3 is 0 Å². The van der Waals surface area contributed by atoms with Gasteiger partial charge in [-0.1, -0.05) is 49.5 Å². The molecule has 0 amide bonds. The molecule has 0 saturated heterocycles. The molecule has 62 valence electrons. The first-order valence-corrected chi connectivity index (χ1v) is 4.65. The van der Waals surface area contributed by atoms with Crippen molar-refractivity contribution in [3.8, 4) is 0 Å². The van der Waals surface area contributed by atoms with Crippen molar-refractivity contribution in [3.63, 3.8) is 0 Å². The van der Waals surface area contributed by atoms with Gasteiger partial charge in [-0.3, -0.25) is 0 Å². The lowest BCUT2D eigenvalue weighted by molar-refractivity contribution is 0.517. The maximum absolute atomic E-state index is 2.32. The summed E-state index contributed by atoms with van der Waals surface area (Å²) in [6.07, 6.45) is 16.8. The van der Waals surface area contributed by atoms with Gasteiger partial charge in [0.2, 0.25) is 0 Å². The summed E-state index contributed by atoms with van der Waals surface area (Å²) >= 11 is 0. The van der Waals surface area contributed by atoms with Crippen LogP contribution >= 0.6 is 0 Å². The predicted molar refractivity (Wildman–Crippen MR) is 52.8 cm³/mol. The van der Waals surface area contributed by atoms with Crippen LogP contribution in [0.15, 0.2) is 48.1 Å².